The van der Waals surface area contributed by atoms with E-state index in [1.54, 1.807) is 32.9 Å². The van der Waals surface area contributed by atoms with E-state index in [0.717, 1.165) is 16.3 Å². The fourth-order valence-electron chi connectivity index (χ4n) is 4.06. The molecule has 2 atom stereocenters. The molecule has 0 radical (unpaired) electrons. The number of amides is 3. The molecule has 8 heteroatoms. The fourth-order valence-corrected chi connectivity index (χ4v) is 4.06. The van der Waals surface area contributed by atoms with Crippen LogP contribution in [0.3, 0.4) is 0 Å². The summed E-state index contributed by atoms with van der Waals surface area (Å²) in [7, 11) is 0. The molecule has 0 aliphatic heterocycles. The number of hydrogen-bond donors (Lipinski definition) is 4. The maximum atomic E-state index is 13.5. The summed E-state index contributed by atoms with van der Waals surface area (Å²) in [6.07, 6.45) is -0.192. The predicted molar refractivity (Wildman–Crippen MR) is 149 cm³/mol. The van der Waals surface area contributed by atoms with Crippen LogP contribution in [0.2, 0.25) is 0 Å². The Morgan fingerprint density at radius 2 is 1.50 bits per heavy atom. The van der Waals surface area contributed by atoms with Gasteiger partial charge in [0.05, 0.1) is 0 Å². The maximum absolute atomic E-state index is 13.5. The topological polar surface area (TPSA) is 117 Å². The average molecular weight is 520 g/mol. The number of hydrogen-bond acceptors (Lipinski definition) is 5. The Hall–Kier alpha value is -4.07. The van der Waals surface area contributed by atoms with Gasteiger partial charge in [-0.05, 0) is 62.3 Å². The van der Waals surface area contributed by atoms with Crippen molar-refractivity contribution in [3.05, 3.63) is 72.3 Å². The number of rotatable bonds is 9. The van der Waals surface area contributed by atoms with E-state index in [9.17, 15) is 19.5 Å². The molecule has 0 saturated heterocycles. The average Bonchev–Trinajstić information content (AvgIpc) is 2.83. The van der Waals surface area contributed by atoms with Crippen LogP contribution in [0.5, 0.6) is 5.75 Å². The molecule has 3 aromatic rings. The molecule has 0 heterocycles. The number of phenolic OH excluding ortho intramolecular Hbond substituents is 1. The molecule has 0 bridgehead atoms. The summed E-state index contributed by atoms with van der Waals surface area (Å²) in [6, 6.07) is 17.9. The Bertz CT molecular complexity index is 1260. The van der Waals surface area contributed by atoms with Crippen molar-refractivity contribution in [2.75, 3.05) is 5.32 Å². The molecule has 0 spiro atoms. The van der Waals surface area contributed by atoms with Crippen LogP contribution in [0.25, 0.3) is 10.8 Å². The summed E-state index contributed by atoms with van der Waals surface area (Å²) >= 11 is 0. The molecule has 3 rings (SSSR count). The molecule has 0 aliphatic rings. The first-order valence-corrected chi connectivity index (χ1v) is 12.8. The van der Waals surface area contributed by atoms with Crippen molar-refractivity contribution in [1.82, 2.24) is 10.6 Å². The van der Waals surface area contributed by atoms with E-state index < -0.39 is 29.7 Å². The lowest BCUT2D eigenvalue weighted by atomic mass is 10.0. The van der Waals surface area contributed by atoms with Crippen LogP contribution in [-0.4, -0.2) is 40.7 Å². The van der Waals surface area contributed by atoms with Gasteiger partial charge in [-0.2, -0.15) is 0 Å². The Balaban J connectivity index is 1.81. The van der Waals surface area contributed by atoms with Crippen LogP contribution in [0, 0.1) is 5.92 Å². The first-order chi connectivity index (χ1) is 17.9. The molecule has 3 aromatic carbocycles. The Kier molecular flexibility index (Phi) is 9.34. The van der Waals surface area contributed by atoms with Crippen LogP contribution in [-0.2, 0) is 20.7 Å². The van der Waals surface area contributed by atoms with Crippen molar-refractivity contribution in [3.8, 4) is 5.75 Å². The summed E-state index contributed by atoms with van der Waals surface area (Å²) in [5, 5.41) is 20.0. The van der Waals surface area contributed by atoms with E-state index in [1.165, 1.54) is 12.1 Å². The number of benzene rings is 3. The van der Waals surface area contributed by atoms with Crippen molar-refractivity contribution < 1.29 is 24.2 Å². The number of aromatic hydroxyl groups is 1. The molecule has 38 heavy (non-hydrogen) atoms. The summed E-state index contributed by atoms with van der Waals surface area (Å²) in [5.41, 5.74) is 0.630. The van der Waals surface area contributed by atoms with Gasteiger partial charge >= 0.3 is 6.09 Å². The number of alkyl carbamates (subject to hydrolysis) is 1. The van der Waals surface area contributed by atoms with E-state index in [4.69, 9.17) is 4.74 Å². The standard InChI is InChI=1S/C30H37N3O5/c1-19(2)17-25(27(35)31-24-12-8-10-21-9-6-7-11-23(21)24)32-28(36)26(33-29(37)38-30(3,4)5)18-20-13-15-22(34)16-14-20/h6-16,19,25-26,34H,17-18H2,1-5H3,(H,31,35)(H,32,36)(H,33,37)/t25-,26-/m0/s1. The van der Waals surface area contributed by atoms with Gasteiger partial charge in [0, 0.05) is 17.5 Å². The Labute approximate surface area is 223 Å². The zero-order valence-corrected chi connectivity index (χ0v) is 22.6. The number of nitrogens with one attached hydrogen (secondary N) is 3. The third kappa shape index (κ3) is 8.50. The van der Waals surface area contributed by atoms with Gasteiger partial charge in [0.25, 0.3) is 0 Å². The van der Waals surface area contributed by atoms with E-state index in [0.29, 0.717) is 12.1 Å². The highest BCUT2D eigenvalue weighted by Crippen LogP contribution is 2.23. The molecular weight excluding hydrogens is 482 g/mol. The first kappa shape index (κ1) is 28.5. The van der Waals surface area contributed by atoms with Crippen LogP contribution >= 0.6 is 0 Å². The normalized spacial score (nSPS) is 13.0. The molecule has 0 fully saturated rings. The quantitative estimate of drug-likeness (QED) is 0.312. The third-order valence-electron chi connectivity index (χ3n) is 5.77. The molecule has 4 N–H and O–H groups in total. The van der Waals surface area contributed by atoms with Gasteiger partial charge < -0.3 is 25.8 Å². The highest BCUT2D eigenvalue weighted by atomic mass is 16.6. The van der Waals surface area contributed by atoms with Gasteiger partial charge in [-0.15, -0.1) is 0 Å². The molecule has 0 aliphatic carbocycles. The van der Waals surface area contributed by atoms with Crippen molar-refractivity contribution in [1.29, 1.82) is 0 Å². The second kappa shape index (κ2) is 12.4. The molecule has 202 valence electrons. The van der Waals surface area contributed by atoms with Gasteiger partial charge in [-0.1, -0.05) is 62.4 Å². The van der Waals surface area contributed by atoms with Gasteiger partial charge in [0.2, 0.25) is 11.8 Å². The molecule has 0 saturated carbocycles. The van der Waals surface area contributed by atoms with Gasteiger partial charge in [0.15, 0.2) is 0 Å². The number of ether oxygens (including phenoxy) is 1. The van der Waals surface area contributed by atoms with Gasteiger partial charge in [-0.3, -0.25) is 9.59 Å². The second-order valence-electron chi connectivity index (χ2n) is 10.8. The van der Waals surface area contributed by atoms with Crippen LogP contribution in [0.4, 0.5) is 10.5 Å². The zero-order valence-electron chi connectivity index (χ0n) is 22.6. The summed E-state index contributed by atoms with van der Waals surface area (Å²) in [6.45, 7) is 9.14. The minimum absolute atomic E-state index is 0.0944. The molecule has 8 nitrogen and oxygen atoms in total. The third-order valence-corrected chi connectivity index (χ3v) is 5.77. The van der Waals surface area contributed by atoms with Gasteiger partial charge in [0.1, 0.15) is 23.4 Å². The Morgan fingerprint density at radius 1 is 0.842 bits per heavy atom. The highest BCUT2D eigenvalue weighted by Gasteiger charge is 2.29. The lowest BCUT2D eigenvalue weighted by Gasteiger charge is -2.26. The lowest BCUT2D eigenvalue weighted by molar-refractivity contribution is -0.128. The van der Waals surface area contributed by atoms with E-state index in [1.807, 2.05) is 56.3 Å². The lowest BCUT2D eigenvalue weighted by Crippen LogP contribution is -2.54. The van der Waals surface area contributed by atoms with Crippen LogP contribution in [0.1, 0.15) is 46.6 Å². The number of carbonyl (C=O) groups is 3. The molecule has 0 unspecified atom stereocenters. The minimum Gasteiger partial charge on any atom is -0.508 e. The smallest absolute Gasteiger partial charge is 0.408 e. The first-order valence-electron chi connectivity index (χ1n) is 12.8. The van der Waals surface area contributed by atoms with E-state index in [-0.39, 0.29) is 24.0 Å². The summed E-state index contributed by atoms with van der Waals surface area (Å²) in [4.78, 5) is 39.4. The number of fused-ring (bicyclic) bond motifs is 1. The van der Waals surface area contributed by atoms with Gasteiger partial charge in [-0.25, -0.2) is 4.79 Å². The monoisotopic (exact) mass is 519 g/mol. The maximum Gasteiger partial charge on any atom is 0.408 e. The van der Waals surface area contributed by atoms with Crippen molar-refractivity contribution in [2.24, 2.45) is 5.92 Å². The van der Waals surface area contributed by atoms with E-state index in [2.05, 4.69) is 16.0 Å². The predicted octanol–water partition coefficient (Wildman–Crippen LogP) is 5.15. The number of carbonyl (C=O) groups excluding carboxylic acids is 3. The highest BCUT2D eigenvalue weighted by molar-refractivity contribution is 6.05. The summed E-state index contributed by atoms with van der Waals surface area (Å²) < 4.78 is 5.36. The largest absolute Gasteiger partial charge is 0.508 e. The van der Waals surface area contributed by atoms with Crippen molar-refractivity contribution in [2.45, 2.75) is 65.1 Å². The van der Waals surface area contributed by atoms with Crippen LogP contribution < -0.4 is 16.0 Å². The fraction of sp³-hybridized carbons (Fsp3) is 0.367. The molecule has 3 amide bonds. The minimum atomic E-state index is -1.01. The van der Waals surface area contributed by atoms with Crippen LogP contribution in [0.15, 0.2) is 66.7 Å². The molecular formula is C30H37N3O5. The number of phenols is 1. The van der Waals surface area contributed by atoms with Crippen molar-refractivity contribution >= 4 is 34.4 Å². The molecule has 0 aromatic heterocycles. The summed E-state index contributed by atoms with van der Waals surface area (Å²) in [5.74, 6) is -0.642. The second-order valence-corrected chi connectivity index (χ2v) is 10.8. The number of anilines is 1. The zero-order chi connectivity index (χ0) is 27.9. The SMILES string of the molecule is CC(C)C[C@H](NC(=O)[C@H](Cc1ccc(O)cc1)NC(=O)OC(C)(C)C)C(=O)Nc1cccc2ccccc12. The van der Waals surface area contributed by atoms with Crippen molar-refractivity contribution in [3.63, 3.8) is 0 Å². The Morgan fingerprint density at radius 3 is 2.16 bits per heavy atom. The van der Waals surface area contributed by atoms with E-state index >= 15 is 0 Å².